The molecule has 2 N–H and O–H groups in total. The van der Waals surface area contributed by atoms with Gasteiger partial charge in [0.25, 0.3) is 0 Å². The Morgan fingerprint density at radius 1 is 1.35 bits per heavy atom. The number of nitrogens with zero attached hydrogens (tertiary/aromatic N) is 3. The number of rotatable bonds is 8. The normalized spacial score (nSPS) is 10.9. The lowest BCUT2D eigenvalue weighted by molar-refractivity contribution is -0.127. The van der Waals surface area contributed by atoms with Crippen molar-refractivity contribution in [1.82, 2.24) is 20.5 Å². The van der Waals surface area contributed by atoms with E-state index >= 15 is 0 Å². The van der Waals surface area contributed by atoms with Crippen LogP contribution in [0.3, 0.4) is 0 Å². The summed E-state index contributed by atoms with van der Waals surface area (Å²) < 4.78 is 0. The van der Waals surface area contributed by atoms with E-state index in [0.717, 1.165) is 37.4 Å². The van der Waals surface area contributed by atoms with Crippen molar-refractivity contribution in [2.75, 3.05) is 33.7 Å². The molecule has 1 amide bonds. The minimum atomic E-state index is -0.00728. The SMILES string of the molecule is CCCCNC(=NCC(=O)N(C)C)NCCc1ncc(C)s1.I. The van der Waals surface area contributed by atoms with Crippen LogP contribution in [0.15, 0.2) is 11.2 Å². The van der Waals surface area contributed by atoms with E-state index in [1.807, 2.05) is 6.20 Å². The molecular formula is C15H28IN5OS. The minimum absolute atomic E-state index is 0. The van der Waals surface area contributed by atoms with Crippen molar-refractivity contribution in [3.63, 3.8) is 0 Å². The first-order valence-electron chi connectivity index (χ1n) is 7.66. The number of hydrogen-bond donors (Lipinski definition) is 2. The molecule has 1 rings (SSSR count). The van der Waals surface area contributed by atoms with Crippen LogP contribution >= 0.6 is 35.3 Å². The number of likely N-dealkylation sites (N-methyl/N-ethyl adjacent to an activating group) is 1. The highest BCUT2D eigenvalue weighted by atomic mass is 127. The Balaban J connectivity index is 0.00000484. The predicted molar refractivity (Wildman–Crippen MR) is 108 cm³/mol. The molecule has 1 aromatic heterocycles. The number of thiazole rings is 1. The number of carbonyl (C=O) groups excluding carboxylic acids is 1. The molecule has 23 heavy (non-hydrogen) atoms. The maximum atomic E-state index is 11.6. The lowest BCUT2D eigenvalue weighted by atomic mass is 10.3. The molecule has 132 valence electrons. The Bertz CT molecular complexity index is 490. The first-order valence-corrected chi connectivity index (χ1v) is 8.48. The van der Waals surface area contributed by atoms with Crippen LogP contribution in [0, 0.1) is 6.92 Å². The zero-order valence-corrected chi connectivity index (χ0v) is 17.5. The number of guanidine groups is 1. The Kier molecular flexibility index (Phi) is 12.0. The van der Waals surface area contributed by atoms with E-state index in [9.17, 15) is 4.79 Å². The van der Waals surface area contributed by atoms with Gasteiger partial charge in [-0.05, 0) is 13.3 Å². The molecule has 6 nitrogen and oxygen atoms in total. The summed E-state index contributed by atoms with van der Waals surface area (Å²) in [6.45, 7) is 5.97. The quantitative estimate of drug-likeness (QED) is 0.274. The Labute approximate surface area is 160 Å². The first-order chi connectivity index (χ1) is 10.5. The van der Waals surface area contributed by atoms with Gasteiger partial charge < -0.3 is 15.5 Å². The summed E-state index contributed by atoms with van der Waals surface area (Å²) in [5.41, 5.74) is 0. The molecule has 0 atom stereocenters. The van der Waals surface area contributed by atoms with Crippen LogP contribution in [-0.4, -0.2) is 55.5 Å². The number of unbranched alkanes of at least 4 members (excludes halogenated alkanes) is 1. The topological polar surface area (TPSA) is 69.6 Å². The van der Waals surface area contributed by atoms with E-state index in [1.54, 1.807) is 30.3 Å². The monoisotopic (exact) mass is 453 g/mol. The third-order valence-electron chi connectivity index (χ3n) is 2.99. The van der Waals surface area contributed by atoms with Crippen LogP contribution in [0.2, 0.25) is 0 Å². The van der Waals surface area contributed by atoms with E-state index in [4.69, 9.17) is 0 Å². The molecule has 0 unspecified atom stereocenters. The van der Waals surface area contributed by atoms with Crippen molar-refractivity contribution in [2.45, 2.75) is 33.1 Å². The second kappa shape index (κ2) is 12.5. The molecule has 1 aromatic rings. The summed E-state index contributed by atoms with van der Waals surface area (Å²) in [7, 11) is 3.47. The van der Waals surface area contributed by atoms with Gasteiger partial charge in [0.15, 0.2) is 5.96 Å². The fourth-order valence-electron chi connectivity index (χ4n) is 1.65. The Morgan fingerprint density at radius 2 is 2.04 bits per heavy atom. The van der Waals surface area contributed by atoms with Crippen molar-refractivity contribution in [2.24, 2.45) is 4.99 Å². The van der Waals surface area contributed by atoms with Gasteiger partial charge >= 0.3 is 0 Å². The number of aryl methyl sites for hydroxylation is 1. The summed E-state index contributed by atoms with van der Waals surface area (Å²) in [6.07, 6.45) is 4.95. The molecule has 0 aliphatic heterocycles. The van der Waals surface area contributed by atoms with Gasteiger partial charge in [0.1, 0.15) is 6.54 Å². The second-order valence-corrected chi connectivity index (χ2v) is 6.59. The Hall–Kier alpha value is -0.900. The van der Waals surface area contributed by atoms with Gasteiger partial charge in [0.05, 0.1) is 5.01 Å². The zero-order valence-electron chi connectivity index (χ0n) is 14.4. The number of aliphatic imine (C=N–C) groups is 1. The molecule has 0 spiro atoms. The number of halogens is 1. The van der Waals surface area contributed by atoms with Crippen LogP contribution < -0.4 is 10.6 Å². The highest BCUT2D eigenvalue weighted by Gasteiger charge is 2.05. The number of amides is 1. The maximum Gasteiger partial charge on any atom is 0.243 e. The summed E-state index contributed by atoms with van der Waals surface area (Å²) in [5.74, 6) is 0.684. The van der Waals surface area contributed by atoms with Crippen molar-refractivity contribution in [1.29, 1.82) is 0 Å². The van der Waals surface area contributed by atoms with Gasteiger partial charge in [-0.15, -0.1) is 35.3 Å². The zero-order chi connectivity index (χ0) is 16.4. The van der Waals surface area contributed by atoms with Crippen LogP contribution in [0.4, 0.5) is 0 Å². The minimum Gasteiger partial charge on any atom is -0.356 e. The van der Waals surface area contributed by atoms with Crippen LogP contribution in [0.1, 0.15) is 29.7 Å². The molecule has 0 aromatic carbocycles. The number of carbonyl (C=O) groups is 1. The maximum absolute atomic E-state index is 11.6. The standard InChI is InChI=1S/C15H27N5OS.HI/c1-5-6-8-16-15(19-11-14(21)20(3)4)17-9-7-13-18-10-12(2)22-13;/h10H,5-9,11H2,1-4H3,(H2,16,17,19);1H. The summed E-state index contributed by atoms with van der Waals surface area (Å²) in [4.78, 5) is 23.1. The summed E-state index contributed by atoms with van der Waals surface area (Å²) in [5, 5.41) is 7.64. The molecule has 1 heterocycles. The van der Waals surface area contributed by atoms with Gasteiger partial charge in [-0.25, -0.2) is 9.98 Å². The second-order valence-electron chi connectivity index (χ2n) is 5.27. The largest absolute Gasteiger partial charge is 0.356 e. The van der Waals surface area contributed by atoms with Crippen LogP contribution in [0.25, 0.3) is 0 Å². The smallest absolute Gasteiger partial charge is 0.243 e. The molecule has 0 saturated carbocycles. The van der Waals surface area contributed by atoms with Crippen molar-refractivity contribution in [3.8, 4) is 0 Å². The predicted octanol–water partition coefficient (Wildman–Crippen LogP) is 2.04. The lowest BCUT2D eigenvalue weighted by Crippen LogP contribution is -2.39. The number of hydrogen-bond acceptors (Lipinski definition) is 4. The fraction of sp³-hybridized carbons (Fsp3) is 0.667. The van der Waals surface area contributed by atoms with E-state index < -0.39 is 0 Å². The van der Waals surface area contributed by atoms with Gasteiger partial charge in [0, 0.05) is 44.7 Å². The fourth-order valence-corrected chi connectivity index (χ4v) is 2.44. The first kappa shape index (κ1) is 22.1. The number of nitrogens with one attached hydrogen (secondary N) is 2. The van der Waals surface area contributed by atoms with Crippen molar-refractivity contribution >= 4 is 47.2 Å². The van der Waals surface area contributed by atoms with Crippen LogP contribution in [0.5, 0.6) is 0 Å². The van der Waals surface area contributed by atoms with Gasteiger partial charge in [0.2, 0.25) is 5.91 Å². The van der Waals surface area contributed by atoms with Gasteiger partial charge in [-0.2, -0.15) is 0 Å². The highest BCUT2D eigenvalue weighted by Crippen LogP contribution is 2.10. The molecule has 0 radical (unpaired) electrons. The Morgan fingerprint density at radius 3 is 2.61 bits per heavy atom. The highest BCUT2D eigenvalue weighted by molar-refractivity contribution is 14.0. The molecule has 0 aliphatic carbocycles. The van der Waals surface area contributed by atoms with Gasteiger partial charge in [-0.1, -0.05) is 13.3 Å². The van der Waals surface area contributed by atoms with Crippen molar-refractivity contribution in [3.05, 3.63) is 16.1 Å². The average molecular weight is 453 g/mol. The van der Waals surface area contributed by atoms with Gasteiger partial charge in [-0.3, -0.25) is 4.79 Å². The molecule has 0 saturated heterocycles. The molecule has 0 aliphatic rings. The van der Waals surface area contributed by atoms with E-state index in [-0.39, 0.29) is 36.4 Å². The molecule has 0 fully saturated rings. The summed E-state index contributed by atoms with van der Waals surface area (Å²) >= 11 is 1.71. The molecule has 8 heteroatoms. The third kappa shape index (κ3) is 9.75. The number of aromatic nitrogens is 1. The lowest BCUT2D eigenvalue weighted by Gasteiger charge is -2.13. The summed E-state index contributed by atoms with van der Waals surface area (Å²) in [6, 6.07) is 0. The van der Waals surface area contributed by atoms with E-state index in [2.05, 4.69) is 34.5 Å². The average Bonchev–Trinajstić information content (AvgIpc) is 2.89. The van der Waals surface area contributed by atoms with E-state index in [0.29, 0.717) is 5.96 Å². The van der Waals surface area contributed by atoms with Crippen LogP contribution in [-0.2, 0) is 11.2 Å². The third-order valence-corrected chi connectivity index (χ3v) is 3.97. The molecular weight excluding hydrogens is 425 g/mol. The van der Waals surface area contributed by atoms with Crippen molar-refractivity contribution < 1.29 is 4.79 Å². The van der Waals surface area contributed by atoms with E-state index in [1.165, 1.54) is 4.88 Å². The molecule has 0 bridgehead atoms.